The number of hydrogen-bond donors (Lipinski definition) is 2. The van der Waals surface area contributed by atoms with Crippen LogP contribution in [0.1, 0.15) is 5.69 Å². The molecule has 160 valence electrons. The number of aliphatic hydroxyl groups is 1. The maximum Gasteiger partial charge on any atom is 0.227 e. The van der Waals surface area contributed by atoms with Crippen LogP contribution in [-0.4, -0.2) is 62.7 Å². The molecule has 0 aliphatic heterocycles. The van der Waals surface area contributed by atoms with Crippen LogP contribution in [0.4, 0.5) is 11.6 Å². The van der Waals surface area contributed by atoms with Crippen molar-refractivity contribution in [2.75, 3.05) is 32.6 Å². The van der Waals surface area contributed by atoms with Gasteiger partial charge in [-0.25, -0.2) is 15.0 Å². The summed E-state index contributed by atoms with van der Waals surface area (Å²) in [7, 11) is 3.83. The molecule has 8 nitrogen and oxygen atoms in total. The number of hydrogen-bond acceptors (Lipinski definition) is 7. The lowest BCUT2D eigenvalue weighted by molar-refractivity contribution is 0.0831. The number of rotatable bonds is 8. The van der Waals surface area contributed by atoms with Gasteiger partial charge in [0.2, 0.25) is 5.95 Å². The minimum absolute atomic E-state index is 0.245. The van der Waals surface area contributed by atoms with E-state index in [-0.39, 0.29) is 6.61 Å². The molecule has 4 aromatic rings. The summed E-state index contributed by atoms with van der Waals surface area (Å²) < 4.78 is 7.68. The summed E-state index contributed by atoms with van der Waals surface area (Å²) in [5.41, 5.74) is 4.38. The number of imidazole rings is 1. The standard InChI is InChI=1S/C23H26N6O2/c1-16-22(29-13-5-4-6-21(29)25-16)20-11-12-24-23(27-20)26-17-7-9-19(10-8-17)31-15-18(30)14-28(2)3/h4-13,18,30H,14-15H2,1-3H3,(H,24,26,27). The van der Waals surface area contributed by atoms with Crippen molar-refractivity contribution in [1.82, 2.24) is 24.3 Å². The second-order valence-corrected chi connectivity index (χ2v) is 7.62. The van der Waals surface area contributed by atoms with Gasteiger partial charge >= 0.3 is 0 Å². The monoisotopic (exact) mass is 418 g/mol. The van der Waals surface area contributed by atoms with Crippen molar-refractivity contribution >= 4 is 17.3 Å². The van der Waals surface area contributed by atoms with Crippen LogP contribution in [-0.2, 0) is 0 Å². The summed E-state index contributed by atoms with van der Waals surface area (Å²) in [5.74, 6) is 1.19. The molecule has 0 spiro atoms. The smallest absolute Gasteiger partial charge is 0.227 e. The van der Waals surface area contributed by atoms with Crippen LogP contribution in [0.15, 0.2) is 60.9 Å². The Morgan fingerprint density at radius 3 is 2.68 bits per heavy atom. The van der Waals surface area contributed by atoms with Gasteiger partial charge < -0.3 is 20.1 Å². The summed E-state index contributed by atoms with van der Waals surface area (Å²) in [6.07, 6.45) is 3.18. The topological polar surface area (TPSA) is 87.8 Å². The molecular weight excluding hydrogens is 392 g/mol. The van der Waals surface area contributed by atoms with Gasteiger partial charge in [-0.3, -0.25) is 4.40 Å². The predicted octanol–water partition coefficient (Wildman–Crippen LogP) is 3.14. The van der Waals surface area contributed by atoms with Gasteiger partial charge in [0.15, 0.2) is 0 Å². The van der Waals surface area contributed by atoms with Crippen molar-refractivity contribution in [3.8, 4) is 17.1 Å². The fourth-order valence-corrected chi connectivity index (χ4v) is 3.40. The zero-order chi connectivity index (χ0) is 21.8. The molecule has 0 aliphatic rings. The molecule has 0 saturated carbocycles. The molecule has 1 aromatic carbocycles. The Balaban J connectivity index is 1.46. The molecule has 2 N–H and O–H groups in total. The van der Waals surface area contributed by atoms with Crippen molar-refractivity contribution in [3.63, 3.8) is 0 Å². The van der Waals surface area contributed by atoms with Crippen molar-refractivity contribution < 1.29 is 9.84 Å². The first-order chi connectivity index (χ1) is 15.0. The first kappa shape index (κ1) is 20.8. The number of anilines is 2. The number of fused-ring (bicyclic) bond motifs is 1. The van der Waals surface area contributed by atoms with E-state index in [4.69, 9.17) is 4.74 Å². The lowest BCUT2D eigenvalue weighted by Crippen LogP contribution is -2.30. The first-order valence-electron chi connectivity index (χ1n) is 10.1. The number of aryl methyl sites for hydroxylation is 1. The van der Waals surface area contributed by atoms with Gasteiger partial charge in [-0.1, -0.05) is 6.07 Å². The second kappa shape index (κ2) is 9.11. The molecule has 0 aliphatic carbocycles. The molecule has 3 heterocycles. The van der Waals surface area contributed by atoms with E-state index in [1.807, 2.05) is 85.0 Å². The number of aliphatic hydroxyl groups excluding tert-OH is 1. The summed E-state index contributed by atoms with van der Waals surface area (Å²) in [4.78, 5) is 15.5. The molecule has 0 amide bonds. The average molecular weight is 419 g/mol. The third kappa shape index (κ3) is 4.99. The van der Waals surface area contributed by atoms with Crippen molar-refractivity contribution in [3.05, 3.63) is 66.6 Å². The van der Waals surface area contributed by atoms with Gasteiger partial charge in [0.1, 0.15) is 24.1 Å². The van der Waals surface area contributed by atoms with Crippen LogP contribution in [0.25, 0.3) is 17.0 Å². The van der Waals surface area contributed by atoms with Crippen molar-refractivity contribution in [2.24, 2.45) is 0 Å². The minimum Gasteiger partial charge on any atom is -0.491 e. The Labute approximate surface area is 181 Å². The lowest BCUT2D eigenvalue weighted by atomic mass is 10.2. The van der Waals surface area contributed by atoms with Crippen LogP contribution in [0.3, 0.4) is 0 Å². The van der Waals surface area contributed by atoms with Gasteiger partial charge in [-0.2, -0.15) is 0 Å². The van der Waals surface area contributed by atoms with Crippen LogP contribution in [0.5, 0.6) is 5.75 Å². The normalized spacial score (nSPS) is 12.3. The molecule has 4 rings (SSSR count). The number of nitrogens with zero attached hydrogens (tertiary/aromatic N) is 5. The number of ether oxygens (including phenoxy) is 1. The largest absolute Gasteiger partial charge is 0.491 e. The van der Waals surface area contributed by atoms with Crippen LogP contribution >= 0.6 is 0 Å². The summed E-state index contributed by atoms with van der Waals surface area (Å²) in [5, 5.41) is 13.1. The highest BCUT2D eigenvalue weighted by Crippen LogP contribution is 2.25. The van der Waals surface area contributed by atoms with Crippen LogP contribution in [0, 0.1) is 6.92 Å². The van der Waals surface area contributed by atoms with E-state index in [2.05, 4.69) is 20.3 Å². The molecule has 3 aromatic heterocycles. The SMILES string of the molecule is Cc1nc2ccccn2c1-c1ccnc(Nc2ccc(OCC(O)CN(C)C)cc2)n1. The number of likely N-dealkylation sites (N-methyl/N-ethyl adjacent to an activating group) is 1. The molecule has 31 heavy (non-hydrogen) atoms. The van der Waals surface area contributed by atoms with Gasteiger partial charge in [0.05, 0.1) is 17.1 Å². The third-order valence-electron chi connectivity index (χ3n) is 4.73. The Morgan fingerprint density at radius 2 is 1.90 bits per heavy atom. The van der Waals surface area contributed by atoms with Gasteiger partial charge in [-0.05, 0) is 63.5 Å². The zero-order valence-electron chi connectivity index (χ0n) is 17.9. The number of pyridine rings is 1. The van der Waals surface area contributed by atoms with E-state index in [0.29, 0.717) is 18.2 Å². The zero-order valence-corrected chi connectivity index (χ0v) is 17.9. The van der Waals surface area contributed by atoms with Crippen molar-refractivity contribution in [2.45, 2.75) is 13.0 Å². The molecule has 0 bridgehead atoms. The molecule has 1 unspecified atom stereocenters. The Bertz CT molecular complexity index is 1160. The molecule has 0 fully saturated rings. The molecule has 1 atom stereocenters. The predicted molar refractivity (Wildman–Crippen MR) is 121 cm³/mol. The summed E-state index contributed by atoms with van der Waals surface area (Å²) >= 11 is 0. The molecule has 0 saturated heterocycles. The van der Waals surface area contributed by atoms with Gasteiger partial charge in [-0.15, -0.1) is 0 Å². The number of nitrogens with one attached hydrogen (secondary N) is 1. The van der Waals surface area contributed by atoms with E-state index < -0.39 is 6.10 Å². The quantitative estimate of drug-likeness (QED) is 0.454. The highest BCUT2D eigenvalue weighted by molar-refractivity contribution is 5.65. The minimum atomic E-state index is -0.535. The summed E-state index contributed by atoms with van der Waals surface area (Å²) in [6.45, 7) is 2.78. The lowest BCUT2D eigenvalue weighted by Gasteiger charge is -2.16. The van der Waals surface area contributed by atoms with Crippen LogP contribution in [0.2, 0.25) is 0 Å². The van der Waals surface area contributed by atoms with Crippen molar-refractivity contribution in [1.29, 1.82) is 0 Å². The van der Waals surface area contributed by atoms with E-state index in [1.165, 1.54) is 0 Å². The highest BCUT2D eigenvalue weighted by Gasteiger charge is 2.13. The number of aromatic nitrogens is 4. The average Bonchev–Trinajstić information content (AvgIpc) is 3.08. The van der Waals surface area contributed by atoms with E-state index in [9.17, 15) is 5.11 Å². The van der Waals surface area contributed by atoms with Crippen LogP contribution < -0.4 is 10.1 Å². The maximum absolute atomic E-state index is 9.92. The Kier molecular flexibility index (Phi) is 6.11. The Morgan fingerprint density at radius 1 is 1.10 bits per heavy atom. The maximum atomic E-state index is 9.92. The molecule has 8 heteroatoms. The van der Waals surface area contributed by atoms with Gasteiger partial charge in [0.25, 0.3) is 0 Å². The fraction of sp³-hybridized carbons (Fsp3) is 0.261. The van der Waals surface area contributed by atoms with E-state index in [1.54, 1.807) is 6.20 Å². The number of benzene rings is 1. The molecule has 0 radical (unpaired) electrons. The summed E-state index contributed by atoms with van der Waals surface area (Å²) in [6, 6.07) is 15.3. The third-order valence-corrected chi connectivity index (χ3v) is 4.73. The highest BCUT2D eigenvalue weighted by atomic mass is 16.5. The molecular formula is C23H26N6O2. The van der Waals surface area contributed by atoms with E-state index >= 15 is 0 Å². The van der Waals surface area contributed by atoms with E-state index in [0.717, 1.165) is 28.4 Å². The first-order valence-corrected chi connectivity index (χ1v) is 10.1. The van der Waals surface area contributed by atoms with Gasteiger partial charge in [0, 0.05) is 24.6 Å². The second-order valence-electron chi connectivity index (χ2n) is 7.62. The Hall–Kier alpha value is -3.49. The fourth-order valence-electron chi connectivity index (χ4n) is 3.40.